The Bertz CT molecular complexity index is 223. The quantitative estimate of drug-likeness (QED) is 0.825. The molecule has 1 N–H and O–H groups in total. The summed E-state index contributed by atoms with van der Waals surface area (Å²) in [6, 6.07) is 1.49. The number of nitrogens with one attached hydrogen (secondary N) is 1. The van der Waals surface area contributed by atoms with Gasteiger partial charge >= 0.3 is 0 Å². The molecule has 2 unspecified atom stereocenters. The Kier molecular flexibility index (Phi) is 5.97. The summed E-state index contributed by atoms with van der Waals surface area (Å²) >= 11 is 0. The summed E-state index contributed by atoms with van der Waals surface area (Å²) in [6.45, 7) is 1.34. The fourth-order valence-electron chi connectivity index (χ4n) is 4.06. The van der Waals surface area contributed by atoms with Crippen LogP contribution < -0.4 is 5.32 Å². The lowest BCUT2D eigenvalue weighted by Crippen LogP contribution is -2.49. The van der Waals surface area contributed by atoms with Gasteiger partial charge in [-0.05, 0) is 45.7 Å². The summed E-state index contributed by atoms with van der Waals surface area (Å²) in [5, 5.41) is 3.59. The van der Waals surface area contributed by atoms with Gasteiger partial charge in [0.25, 0.3) is 0 Å². The Hall–Kier alpha value is -0.0800. The Morgan fingerprint density at radius 2 is 1.50 bits per heavy atom. The summed E-state index contributed by atoms with van der Waals surface area (Å²) in [4.78, 5) is 2.68. The molecule has 0 radical (unpaired) electrons. The first-order chi connectivity index (χ1) is 8.81. The first kappa shape index (κ1) is 14.3. The molecule has 2 aliphatic rings. The van der Waals surface area contributed by atoms with E-state index in [1.54, 1.807) is 0 Å². The number of hydrogen-bond donors (Lipinski definition) is 1. The van der Waals surface area contributed by atoms with Crippen LogP contribution in [0.2, 0.25) is 0 Å². The van der Waals surface area contributed by atoms with Gasteiger partial charge in [0.2, 0.25) is 0 Å². The van der Waals surface area contributed by atoms with Crippen LogP contribution in [-0.4, -0.2) is 37.6 Å². The van der Waals surface area contributed by atoms with Crippen LogP contribution in [-0.2, 0) is 0 Å². The van der Waals surface area contributed by atoms with E-state index < -0.39 is 0 Å². The molecule has 0 spiro atoms. The molecule has 2 aliphatic carbocycles. The fourth-order valence-corrected chi connectivity index (χ4v) is 4.06. The summed E-state index contributed by atoms with van der Waals surface area (Å²) in [6.07, 6.45) is 14.4. The maximum absolute atomic E-state index is 3.59. The van der Waals surface area contributed by atoms with Crippen molar-refractivity contribution >= 4 is 0 Å². The van der Waals surface area contributed by atoms with E-state index in [-0.39, 0.29) is 0 Å². The Morgan fingerprint density at radius 3 is 2.17 bits per heavy atom. The third-order valence-corrected chi connectivity index (χ3v) is 5.19. The predicted molar refractivity (Wildman–Crippen MR) is 78.9 cm³/mol. The molecule has 0 aromatic rings. The number of hydrogen-bond acceptors (Lipinski definition) is 2. The highest BCUT2D eigenvalue weighted by Gasteiger charge is 2.27. The largest absolute Gasteiger partial charge is 0.315 e. The molecule has 0 amide bonds. The van der Waals surface area contributed by atoms with Crippen molar-refractivity contribution in [1.82, 2.24) is 10.2 Å². The molecule has 0 heterocycles. The van der Waals surface area contributed by atoms with Crippen LogP contribution in [0.25, 0.3) is 0 Å². The van der Waals surface area contributed by atoms with Crippen LogP contribution in [0.15, 0.2) is 0 Å². The van der Waals surface area contributed by atoms with Gasteiger partial charge in [0, 0.05) is 18.6 Å². The molecule has 0 aliphatic heterocycles. The summed E-state index contributed by atoms with van der Waals surface area (Å²) in [5.41, 5.74) is 0. The number of nitrogens with zero attached hydrogens (tertiary/aromatic N) is 1. The van der Waals surface area contributed by atoms with Crippen LogP contribution in [0.1, 0.15) is 64.2 Å². The van der Waals surface area contributed by atoms with Crippen LogP contribution in [0.3, 0.4) is 0 Å². The maximum atomic E-state index is 3.59. The molecule has 0 saturated heterocycles. The van der Waals surface area contributed by atoms with Crippen molar-refractivity contribution in [2.75, 3.05) is 20.6 Å². The SMILES string of the molecule is CNC1CCCCCCC1N(C)CC1CCCC1. The molecular formula is C16H32N2. The third-order valence-electron chi connectivity index (χ3n) is 5.19. The summed E-state index contributed by atoms with van der Waals surface area (Å²) in [5.74, 6) is 0.984. The average molecular weight is 252 g/mol. The molecule has 2 fully saturated rings. The van der Waals surface area contributed by atoms with Crippen LogP contribution in [0.5, 0.6) is 0 Å². The van der Waals surface area contributed by atoms with E-state index in [2.05, 4.69) is 24.3 Å². The lowest BCUT2D eigenvalue weighted by Gasteiger charge is -2.37. The normalized spacial score (nSPS) is 31.5. The van der Waals surface area contributed by atoms with Gasteiger partial charge in [-0.15, -0.1) is 0 Å². The average Bonchev–Trinajstić information content (AvgIpc) is 2.81. The Labute approximate surface area is 114 Å². The van der Waals surface area contributed by atoms with Gasteiger partial charge in [-0.3, -0.25) is 0 Å². The molecule has 2 saturated carbocycles. The lowest BCUT2D eigenvalue weighted by molar-refractivity contribution is 0.147. The first-order valence-electron chi connectivity index (χ1n) is 8.18. The highest BCUT2D eigenvalue weighted by Crippen LogP contribution is 2.28. The van der Waals surface area contributed by atoms with Gasteiger partial charge in [0.15, 0.2) is 0 Å². The molecule has 106 valence electrons. The van der Waals surface area contributed by atoms with E-state index in [0.29, 0.717) is 0 Å². The van der Waals surface area contributed by atoms with Crippen molar-refractivity contribution in [3.63, 3.8) is 0 Å². The van der Waals surface area contributed by atoms with Gasteiger partial charge in [-0.1, -0.05) is 38.5 Å². The Balaban J connectivity index is 1.88. The van der Waals surface area contributed by atoms with Crippen LogP contribution in [0.4, 0.5) is 0 Å². The predicted octanol–water partition coefficient (Wildman–Crippen LogP) is 3.42. The van der Waals surface area contributed by atoms with Crippen LogP contribution >= 0.6 is 0 Å². The zero-order valence-corrected chi connectivity index (χ0v) is 12.5. The van der Waals surface area contributed by atoms with Gasteiger partial charge < -0.3 is 10.2 Å². The zero-order chi connectivity index (χ0) is 12.8. The van der Waals surface area contributed by atoms with E-state index in [0.717, 1.165) is 18.0 Å². The van der Waals surface area contributed by atoms with E-state index in [1.807, 2.05) is 0 Å². The van der Waals surface area contributed by atoms with E-state index in [4.69, 9.17) is 0 Å². The second kappa shape index (κ2) is 7.49. The lowest BCUT2D eigenvalue weighted by atomic mass is 9.91. The minimum atomic E-state index is 0.719. The molecule has 0 bridgehead atoms. The minimum absolute atomic E-state index is 0.719. The molecule has 0 aromatic heterocycles. The molecule has 2 rings (SSSR count). The first-order valence-corrected chi connectivity index (χ1v) is 8.18. The highest BCUT2D eigenvalue weighted by atomic mass is 15.2. The molecule has 0 aromatic carbocycles. The topological polar surface area (TPSA) is 15.3 Å². The number of likely N-dealkylation sites (N-methyl/N-ethyl adjacent to an activating group) is 2. The Morgan fingerprint density at radius 1 is 0.889 bits per heavy atom. The van der Waals surface area contributed by atoms with Crippen molar-refractivity contribution in [1.29, 1.82) is 0 Å². The fraction of sp³-hybridized carbons (Fsp3) is 1.00. The second-order valence-electron chi connectivity index (χ2n) is 6.54. The van der Waals surface area contributed by atoms with Gasteiger partial charge in [-0.25, -0.2) is 0 Å². The molecule has 2 atom stereocenters. The molecule has 2 heteroatoms. The minimum Gasteiger partial charge on any atom is -0.315 e. The third kappa shape index (κ3) is 3.96. The zero-order valence-electron chi connectivity index (χ0n) is 12.5. The van der Waals surface area contributed by atoms with E-state index in [9.17, 15) is 0 Å². The van der Waals surface area contributed by atoms with Crippen molar-refractivity contribution in [2.24, 2.45) is 5.92 Å². The maximum Gasteiger partial charge on any atom is 0.0246 e. The second-order valence-corrected chi connectivity index (χ2v) is 6.54. The number of rotatable bonds is 4. The van der Waals surface area contributed by atoms with Crippen LogP contribution in [0, 0.1) is 5.92 Å². The molecule has 2 nitrogen and oxygen atoms in total. The smallest absolute Gasteiger partial charge is 0.0246 e. The standard InChI is InChI=1S/C16H32N2/c1-17-15-11-5-3-4-6-12-16(15)18(2)13-14-9-7-8-10-14/h14-17H,3-13H2,1-2H3. The van der Waals surface area contributed by atoms with E-state index in [1.165, 1.54) is 70.8 Å². The van der Waals surface area contributed by atoms with Crippen molar-refractivity contribution in [3.05, 3.63) is 0 Å². The monoisotopic (exact) mass is 252 g/mol. The van der Waals surface area contributed by atoms with Gasteiger partial charge in [-0.2, -0.15) is 0 Å². The van der Waals surface area contributed by atoms with Gasteiger partial charge in [0.1, 0.15) is 0 Å². The molecule has 18 heavy (non-hydrogen) atoms. The highest BCUT2D eigenvalue weighted by molar-refractivity contribution is 4.85. The summed E-state index contributed by atoms with van der Waals surface area (Å²) in [7, 11) is 4.53. The molecular weight excluding hydrogens is 220 g/mol. The van der Waals surface area contributed by atoms with Crippen molar-refractivity contribution < 1.29 is 0 Å². The van der Waals surface area contributed by atoms with E-state index >= 15 is 0 Å². The van der Waals surface area contributed by atoms with Crippen molar-refractivity contribution in [2.45, 2.75) is 76.3 Å². The summed E-state index contributed by atoms with van der Waals surface area (Å²) < 4.78 is 0. The van der Waals surface area contributed by atoms with Crippen molar-refractivity contribution in [3.8, 4) is 0 Å². The van der Waals surface area contributed by atoms with Gasteiger partial charge in [0.05, 0.1) is 0 Å².